The predicted molar refractivity (Wildman–Crippen MR) is 89.2 cm³/mol. The molecule has 2 aliphatic rings. The number of nitrogens with zero attached hydrogens (tertiary/aromatic N) is 4. The predicted octanol–water partition coefficient (Wildman–Crippen LogP) is 0.446. The zero-order chi connectivity index (χ0) is 17.6. The van der Waals surface area contributed by atoms with Crippen molar-refractivity contribution < 1.29 is 20.1 Å². The molecule has 9 nitrogen and oxygen atoms in total. The summed E-state index contributed by atoms with van der Waals surface area (Å²) in [4.78, 5) is 12.8. The molecule has 10 heteroatoms. The van der Waals surface area contributed by atoms with E-state index in [1.165, 1.54) is 23.7 Å². The van der Waals surface area contributed by atoms with Crippen LogP contribution in [-0.4, -0.2) is 65.8 Å². The summed E-state index contributed by atoms with van der Waals surface area (Å²) in [6.07, 6.45) is 1.77. The Balaban J connectivity index is 1.70. The monoisotopic (exact) mass is 369 g/mol. The van der Waals surface area contributed by atoms with Crippen LogP contribution in [0.1, 0.15) is 31.9 Å². The van der Waals surface area contributed by atoms with Crippen LogP contribution in [-0.2, 0) is 4.74 Å². The van der Waals surface area contributed by atoms with Gasteiger partial charge >= 0.3 is 0 Å². The van der Waals surface area contributed by atoms with Crippen LogP contribution in [0.4, 0.5) is 5.82 Å². The molecule has 4 N–H and O–H groups in total. The Hall–Kier alpha value is -1.52. The maximum atomic E-state index is 10.2. The van der Waals surface area contributed by atoms with Gasteiger partial charge in [-0.1, -0.05) is 12.8 Å². The van der Waals surface area contributed by atoms with Crippen LogP contribution in [0, 0.1) is 0 Å². The van der Waals surface area contributed by atoms with E-state index in [-0.39, 0.29) is 5.28 Å². The van der Waals surface area contributed by atoms with Gasteiger partial charge in [0.25, 0.3) is 0 Å². The first-order chi connectivity index (χ1) is 12.1. The molecule has 25 heavy (non-hydrogen) atoms. The Morgan fingerprint density at radius 2 is 2.00 bits per heavy atom. The molecule has 3 heterocycles. The number of aliphatic hydroxyl groups excluding tert-OH is 3. The Kier molecular flexibility index (Phi) is 4.50. The van der Waals surface area contributed by atoms with Crippen LogP contribution in [0.2, 0.25) is 5.28 Å². The van der Waals surface area contributed by atoms with Gasteiger partial charge in [0.15, 0.2) is 23.2 Å². The minimum atomic E-state index is -1.21. The molecule has 0 amide bonds. The summed E-state index contributed by atoms with van der Waals surface area (Å²) in [6.45, 7) is -0.397. The van der Waals surface area contributed by atoms with Crippen molar-refractivity contribution in [3.63, 3.8) is 0 Å². The minimum absolute atomic E-state index is 0.0569. The van der Waals surface area contributed by atoms with Gasteiger partial charge in [-0.25, -0.2) is 4.98 Å². The molecule has 1 aliphatic heterocycles. The highest BCUT2D eigenvalue weighted by atomic mass is 35.5. The second kappa shape index (κ2) is 6.65. The molecule has 0 bridgehead atoms. The Bertz CT molecular complexity index is 766. The lowest BCUT2D eigenvalue weighted by molar-refractivity contribution is -0.0511. The lowest BCUT2D eigenvalue weighted by atomic mass is 10.1. The number of halogens is 1. The van der Waals surface area contributed by atoms with Crippen molar-refractivity contribution in [2.75, 3.05) is 11.9 Å². The fraction of sp³-hybridized carbons (Fsp3) is 0.667. The number of anilines is 1. The number of fused-ring (bicyclic) bond motifs is 1. The summed E-state index contributed by atoms with van der Waals surface area (Å²) in [7, 11) is 0. The largest absolute Gasteiger partial charge is 0.394 e. The molecule has 2 aromatic rings. The van der Waals surface area contributed by atoms with Crippen LogP contribution >= 0.6 is 11.6 Å². The van der Waals surface area contributed by atoms with Crippen LogP contribution in [0.5, 0.6) is 0 Å². The molecule has 1 saturated heterocycles. The number of nitrogens with one attached hydrogen (secondary N) is 1. The average Bonchev–Trinajstić information content (AvgIpc) is 3.29. The van der Waals surface area contributed by atoms with Gasteiger partial charge in [-0.3, -0.25) is 4.57 Å². The van der Waals surface area contributed by atoms with Gasteiger partial charge in [-0.2, -0.15) is 9.97 Å². The molecule has 0 aromatic carbocycles. The fourth-order valence-corrected chi connectivity index (χ4v) is 3.71. The Morgan fingerprint density at radius 1 is 1.24 bits per heavy atom. The van der Waals surface area contributed by atoms with Crippen molar-refractivity contribution in [2.24, 2.45) is 0 Å². The van der Waals surface area contributed by atoms with Crippen molar-refractivity contribution in [1.29, 1.82) is 0 Å². The summed E-state index contributed by atoms with van der Waals surface area (Å²) >= 11 is 6.07. The molecule has 136 valence electrons. The van der Waals surface area contributed by atoms with E-state index >= 15 is 0 Å². The van der Waals surface area contributed by atoms with Gasteiger partial charge in [0.2, 0.25) is 5.28 Å². The van der Waals surface area contributed by atoms with Gasteiger partial charge in [-0.15, -0.1) is 0 Å². The molecule has 2 aromatic heterocycles. The molecule has 1 unspecified atom stereocenters. The van der Waals surface area contributed by atoms with Crippen molar-refractivity contribution in [3.05, 3.63) is 11.6 Å². The third kappa shape index (κ3) is 2.96. The highest BCUT2D eigenvalue weighted by Crippen LogP contribution is 2.33. The second-order valence-corrected chi connectivity index (χ2v) is 6.86. The number of hydrogen-bond acceptors (Lipinski definition) is 8. The molecule has 1 aliphatic carbocycles. The molecule has 0 radical (unpaired) electrons. The van der Waals surface area contributed by atoms with Gasteiger partial charge in [0.1, 0.15) is 18.3 Å². The zero-order valence-electron chi connectivity index (χ0n) is 13.4. The topological polar surface area (TPSA) is 126 Å². The summed E-state index contributed by atoms with van der Waals surface area (Å²) < 4.78 is 7.06. The maximum Gasteiger partial charge on any atom is 0.226 e. The molecule has 1 saturated carbocycles. The highest BCUT2D eigenvalue weighted by molar-refractivity contribution is 6.28. The van der Waals surface area contributed by atoms with Crippen LogP contribution < -0.4 is 5.32 Å². The second-order valence-electron chi connectivity index (χ2n) is 6.52. The molecule has 4 rings (SSSR count). The van der Waals surface area contributed by atoms with E-state index < -0.39 is 31.1 Å². The van der Waals surface area contributed by atoms with Crippen molar-refractivity contribution in [3.8, 4) is 0 Å². The van der Waals surface area contributed by atoms with E-state index in [1.54, 1.807) is 0 Å². The number of rotatable bonds is 4. The minimum Gasteiger partial charge on any atom is -0.394 e. The first-order valence-electron chi connectivity index (χ1n) is 8.37. The normalized spacial score (nSPS) is 30.4. The molecule has 0 spiro atoms. The summed E-state index contributed by atoms with van der Waals surface area (Å²) in [5.41, 5.74) is 0.921. The van der Waals surface area contributed by atoms with Gasteiger partial charge in [0.05, 0.1) is 12.9 Å². The van der Waals surface area contributed by atoms with E-state index in [2.05, 4.69) is 20.3 Å². The first-order valence-corrected chi connectivity index (χ1v) is 8.75. The molecule has 4 atom stereocenters. The Labute approximate surface area is 148 Å². The molecule has 2 fully saturated rings. The number of hydrogen-bond donors (Lipinski definition) is 4. The van der Waals surface area contributed by atoms with Gasteiger partial charge in [-0.05, 0) is 24.4 Å². The molecular formula is C15H20ClN5O4. The van der Waals surface area contributed by atoms with Gasteiger partial charge in [0, 0.05) is 6.04 Å². The van der Waals surface area contributed by atoms with E-state index in [0.717, 1.165) is 12.8 Å². The zero-order valence-corrected chi connectivity index (χ0v) is 14.2. The SMILES string of the molecule is OC[C@H]1OC(n2cnc3c(NC4CCCC4)nc(Cl)nc32)[C@H](O)[C@@H]1O. The fourth-order valence-electron chi connectivity index (χ4n) is 3.55. The van der Waals surface area contributed by atoms with Gasteiger partial charge < -0.3 is 25.4 Å². The lowest BCUT2D eigenvalue weighted by Gasteiger charge is -2.17. The maximum absolute atomic E-state index is 10.2. The van der Waals surface area contributed by atoms with Crippen molar-refractivity contribution in [1.82, 2.24) is 19.5 Å². The summed E-state index contributed by atoms with van der Waals surface area (Å²) in [6, 6.07) is 0.327. The smallest absolute Gasteiger partial charge is 0.226 e. The van der Waals surface area contributed by atoms with Crippen molar-refractivity contribution >= 4 is 28.6 Å². The summed E-state index contributed by atoms with van der Waals surface area (Å²) in [5, 5.41) is 32.9. The highest BCUT2D eigenvalue weighted by Gasteiger charge is 2.44. The first kappa shape index (κ1) is 16.9. The van der Waals surface area contributed by atoms with E-state index in [0.29, 0.717) is 23.0 Å². The van der Waals surface area contributed by atoms with E-state index in [4.69, 9.17) is 16.3 Å². The number of aromatic nitrogens is 4. The van der Waals surface area contributed by atoms with Crippen LogP contribution in [0.3, 0.4) is 0 Å². The van der Waals surface area contributed by atoms with Crippen LogP contribution in [0.15, 0.2) is 6.33 Å². The lowest BCUT2D eigenvalue weighted by Crippen LogP contribution is -2.33. The number of imidazole rings is 1. The molecular weight excluding hydrogens is 350 g/mol. The third-order valence-electron chi connectivity index (χ3n) is 4.88. The van der Waals surface area contributed by atoms with Crippen molar-refractivity contribution in [2.45, 2.75) is 56.3 Å². The van der Waals surface area contributed by atoms with E-state index in [1.807, 2.05) is 0 Å². The quantitative estimate of drug-likeness (QED) is 0.572. The summed E-state index contributed by atoms with van der Waals surface area (Å²) in [5.74, 6) is 0.549. The Morgan fingerprint density at radius 3 is 2.68 bits per heavy atom. The number of ether oxygens (including phenoxy) is 1. The third-order valence-corrected chi connectivity index (χ3v) is 5.05. The average molecular weight is 370 g/mol. The standard InChI is InChI=1S/C15H20ClN5O4/c16-15-19-12(18-7-3-1-2-4-7)9-13(20-15)21(6-17-9)14-11(24)10(23)8(5-22)25-14/h6-8,10-11,14,22-24H,1-5H2,(H,18,19,20)/t8-,10-,11-,14?/m1/s1. The van der Waals surface area contributed by atoms with Crippen LogP contribution in [0.25, 0.3) is 11.2 Å². The number of aliphatic hydroxyl groups is 3. The van der Waals surface area contributed by atoms with E-state index in [9.17, 15) is 15.3 Å².